The van der Waals surface area contributed by atoms with E-state index in [0.717, 1.165) is 4.90 Å². The summed E-state index contributed by atoms with van der Waals surface area (Å²) in [7, 11) is 1.39. The van der Waals surface area contributed by atoms with E-state index >= 15 is 0 Å². The summed E-state index contributed by atoms with van der Waals surface area (Å²) in [5.74, 6) is -0.233. The lowest BCUT2D eigenvalue weighted by molar-refractivity contribution is -0.122. The summed E-state index contributed by atoms with van der Waals surface area (Å²) in [4.78, 5) is 35.1. The number of nitrogens with zero attached hydrogens (tertiary/aromatic N) is 1. The third-order valence-corrected chi connectivity index (χ3v) is 3.03. The van der Waals surface area contributed by atoms with Crippen LogP contribution in [0, 0.1) is 0 Å². The molecule has 23 heavy (non-hydrogen) atoms. The maximum atomic E-state index is 11.8. The van der Waals surface area contributed by atoms with Gasteiger partial charge >= 0.3 is 6.03 Å². The summed E-state index contributed by atoms with van der Waals surface area (Å²) >= 11 is 0. The van der Waals surface area contributed by atoms with Gasteiger partial charge in [-0.25, -0.2) is 4.79 Å². The SMILES string of the molecule is CCOc1cc(/C=C2/NC(=O)N(C)C2=O)ccc1OCC(N)=O. The van der Waals surface area contributed by atoms with Crippen molar-refractivity contribution in [3.05, 3.63) is 29.5 Å². The first-order valence-corrected chi connectivity index (χ1v) is 6.91. The molecular weight excluding hydrogens is 302 g/mol. The molecule has 3 N–H and O–H groups in total. The van der Waals surface area contributed by atoms with Crippen molar-refractivity contribution in [2.45, 2.75) is 6.92 Å². The molecule has 0 saturated carbocycles. The van der Waals surface area contributed by atoms with Crippen molar-refractivity contribution in [3.63, 3.8) is 0 Å². The van der Waals surface area contributed by atoms with Crippen LogP contribution in [0.1, 0.15) is 12.5 Å². The first kappa shape index (κ1) is 16.3. The zero-order valence-corrected chi connectivity index (χ0v) is 12.8. The Hall–Kier alpha value is -3.03. The Morgan fingerprint density at radius 3 is 2.61 bits per heavy atom. The van der Waals surface area contributed by atoms with Crippen molar-refractivity contribution < 1.29 is 23.9 Å². The van der Waals surface area contributed by atoms with Crippen molar-refractivity contribution in [1.82, 2.24) is 10.2 Å². The van der Waals surface area contributed by atoms with Crippen LogP contribution in [-0.4, -0.2) is 43.0 Å². The molecule has 8 nitrogen and oxygen atoms in total. The topological polar surface area (TPSA) is 111 Å². The number of carbonyl (C=O) groups excluding carboxylic acids is 3. The van der Waals surface area contributed by atoms with Crippen LogP contribution in [0.25, 0.3) is 6.08 Å². The van der Waals surface area contributed by atoms with Gasteiger partial charge in [0.25, 0.3) is 11.8 Å². The molecule has 1 fully saturated rings. The minimum atomic E-state index is -0.596. The van der Waals surface area contributed by atoms with E-state index in [-0.39, 0.29) is 12.3 Å². The zero-order chi connectivity index (χ0) is 17.0. The van der Waals surface area contributed by atoms with E-state index < -0.39 is 17.8 Å². The van der Waals surface area contributed by atoms with Gasteiger partial charge in [-0.1, -0.05) is 6.07 Å². The van der Waals surface area contributed by atoms with Gasteiger partial charge in [0.1, 0.15) is 5.70 Å². The normalized spacial score (nSPS) is 15.7. The average Bonchev–Trinajstić information content (AvgIpc) is 2.74. The highest BCUT2D eigenvalue weighted by molar-refractivity contribution is 6.13. The van der Waals surface area contributed by atoms with Gasteiger partial charge in [-0.2, -0.15) is 0 Å². The molecule has 1 heterocycles. The van der Waals surface area contributed by atoms with E-state index in [9.17, 15) is 14.4 Å². The lowest BCUT2D eigenvalue weighted by Crippen LogP contribution is -2.25. The average molecular weight is 319 g/mol. The number of ether oxygens (including phenoxy) is 2. The van der Waals surface area contributed by atoms with Crippen LogP contribution in [0.3, 0.4) is 0 Å². The molecule has 1 aromatic rings. The molecule has 0 spiro atoms. The van der Waals surface area contributed by atoms with E-state index in [0.29, 0.717) is 23.7 Å². The number of rotatable bonds is 6. The smallest absolute Gasteiger partial charge is 0.328 e. The van der Waals surface area contributed by atoms with E-state index in [1.165, 1.54) is 13.1 Å². The quantitative estimate of drug-likeness (QED) is 0.585. The van der Waals surface area contributed by atoms with Gasteiger partial charge < -0.3 is 20.5 Å². The number of nitrogens with two attached hydrogens (primary N) is 1. The molecule has 0 atom stereocenters. The first-order chi connectivity index (χ1) is 10.9. The van der Waals surface area contributed by atoms with Crippen LogP contribution >= 0.6 is 0 Å². The molecule has 0 unspecified atom stereocenters. The van der Waals surface area contributed by atoms with Crippen molar-refractivity contribution >= 4 is 23.9 Å². The molecule has 2 rings (SSSR count). The Morgan fingerprint density at radius 1 is 1.30 bits per heavy atom. The summed E-state index contributed by atoms with van der Waals surface area (Å²) in [6, 6.07) is 4.44. The molecule has 0 aliphatic carbocycles. The predicted molar refractivity (Wildman–Crippen MR) is 81.6 cm³/mol. The fourth-order valence-electron chi connectivity index (χ4n) is 1.94. The largest absolute Gasteiger partial charge is 0.490 e. The Labute approximate surface area is 132 Å². The molecular formula is C15H17N3O5. The molecule has 1 aromatic carbocycles. The van der Waals surface area contributed by atoms with Crippen LogP contribution in [0.4, 0.5) is 4.79 Å². The second kappa shape index (κ2) is 6.82. The highest BCUT2D eigenvalue weighted by Gasteiger charge is 2.29. The number of carbonyl (C=O) groups is 3. The lowest BCUT2D eigenvalue weighted by Gasteiger charge is -2.11. The maximum Gasteiger partial charge on any atom is 0.328 e. The predicted octanol–water partition coefficient (Wildman–Crippen LogP) is 0.472. The van der Waals surface area contributed by atoms with E-state index in [1.54, 1.807) is 25.1 Å². The van der Waals surface area contributed by atoms with Crippen molar-refractivity contribution in [2.75, 3.05) is 20.3 Å². The van der Waals surface area contributed by atoms with Gasteiger partial charge in [0.15, 0.2) is 18.1 Å². The number of amides is 4. The number of benzene rings is 1. The van der Waals surface area contributed by atoms with Crippen LogP contribution in [0.15, 0.2) is 23.9 Å². The lowest BCUT2D eigenvalue weighted by atomic mass is 10.1. The van der Waals surface area contributed by atoms with Crippen molar-refractivity contribution in [1.29, 1.82) is 0 Å². The molecule has 0 bridgehead atoms. The van der Waals surface area contributed by atoms with Gasteiger partial charge in [-0.05, 0) is 30.7 Å². The van der Waals surface area contributed by atoms with Gasteiger partial charge in [-0.3, -0.25) is 14.5 Å². The molecule has 4 amide bonds. The van der Waals surface area contributed by atoms with Crippen LogP contribution in [0.5, 0.6) is 11.5 Å². The summed E-state index contributed by atoms with van der Waals surface area (Å²) in [6.07, 6.45) is 1.53. The molecule has 1 saturated heterocycles. The molecule has 1 aliphatic heterocycles. The maximum absolute atomic E-state index is 11.8. The van der Waals surface area contributed by atoms with Gasteiger partial charge in [0, 0.05) is 7.05 Å². The zero-order valence-electron chi connectivity index (χ0n) is 12.8. The number of likely N-dealkylation sites (N-methyl/N-ethyl adjacent to an activating group) is 1. The number of nitrogens with one attached hydrogen (secondary N) is 1. The molecule has 122 valence electrons. The van der Waals surface area contributed by atoms with Crippen LogP contribution < -0.4 is 20.5 Å². The fraction of sp³-hybridized carbons (Fsp3) is 0.267. The Morgan fingerprint density at radius 2 is 2.04 bits per heavy atom. The molecule has 0 aromatic heterocycles. The third-order valence-electron chi connectivity index (χ3n) is 3.03. The summed E-state index contributed by atoms with van der Waals surface area (Å²) in [6.45, 7) is 1.93. The van der Waals surface area contributed by atoms with E-state index in [2.05, 4.69) is 5.32 Å². The van der Waals surface area contributed by atoms with E-state index in [1.807, 2.05) is 0 Å². The first-order valence-electron chi connectivity index (χ1n) is 6.91. The number of urea groups is 1. The third kappa shape index (κ3) is 3.79. The number of primary amides is 1. The number of hydrogen-bond acceptors (Lipinski definition) is 5. The standard InChI is InChI=1S/C15H17N3O5/c1-3-22-12-7-9(4-5-11(12)23-8-13(16)19)6-10-14(20)18(2)15(21)17-10/h4-7H,3,8H2,1-2H3,(H2,16,19)(H,17,21)/b10-6+. The van der Waals surface area contributed by atoms with Crippen LogP contribution in [-0.2, 0) is 9.59 Å². The number of hydrogen-bond donors (Lipinski definition) is 2. The van der Waals surface area contributed by atoms with Crippen LogP contribution in [0.2, 0.25) is 0 Å². The summed E-state index contributed by atoms with van der Waals surface area (Å²) < 4.78 is 10.7. The Bertz CT molecular complexity index is 684. The Balaban J connectivity index is 2.27. The minimum absolute atomic E-state index is 0.172. The molecule has 0 radical (unpaired) electrons. The van der Waals surface area contributed by atoms with Gasteiger partial charge in [0.2, 0.25) is 0 Å². The highest BCUT2D eigenvalue weighted by Crippen LogP contribution is 2.29. The second-order valence-electron chi connectivity index (χ2n) is 4.75. The monoisotopic (exact) mass is 319 g/mol. The fourth-order valence-corrected chi connectivity index (χ4v) is 1.94. The van der Waals surface area contributed by atoms with Crippen molar-refractivity contribution in [3.8, 4) is 11.5 Å². The minimum Gasteiger partial charge on any atom is -0.490 e. The summed E-state index contributed by atoms with van der Waals surface area (Å²) in [5.41, 5.74) is 5.86. The van der Waals surface area contributed by atoms with Gasteiger partial charge in [0.05, 0.1) is 6.61 Å². The summed E-state index contributed by atoms with van der Waals surface area (Å²) in [5, 5.41) is 2.47. The molecule has 8 heteroatoms. The van der Waals surface area contributed by atoms with Crippen molar-refractivity contribution in [2.24, 2.45) is 5.73 Å². The molecule has 1 aliphatic rings. The second-order valence-corrected chi connectivity index (χ2v) is 4.75. The van der Waals surface area contributed by atoms with Gasteiger partial charge in [-0.15, -0.1) is 0 Å². The Kier molecular flexibility index (Phi) is 4.85. The highest BCUT2D eigenvalue weighted by atomic mass is 16.5. The number of imide groups is 1. The van der Waals surface area contributed by atoms with E-state index in [4.69, 9.17) is 15.2 Å².